The average Bonchev–Trinajstić information content (AvgIpc) is 2.90. The number of amides is 1. The van der Waals surface area contributed by atoms with E-state index in [0.29, 0.717) is 6.54 Å². The highest BCUT2D eigenvalue weighted by molar-refractivity contribution is 5.80. The van der Waals surface area contributed by atoms with Gasteiger partial charge in [0.25, 0.3) is 0 Å². The van der Waals surface area contributed by atoms with Crippen molar-refractivity contribution in [3.8, 4) is 0 Å². The number of nitrogens with one attached hydrogen (secondary N) is 1. The van der Waals surface area contributed by atoms with Gasteiger partial charge in [0.15, 0.2) is 0 Å². The minimum Gasteiger partial charge on any atom is -0.364 e. The Bertz CT molecular complexity index is 290. The number of rotatable bonds is 5. The van der Waals surface area contributed by atoms with Crippen LogP contribution in [0.3, 0.4) is 0 Å². The molecule has 19 heavy (non-hydrogen) atoms. The van der Waals surface area contributed by atoms with Gasteiger partial charge in [0, 0.05) is 13.1 Å². The fourth-order valence-corrected chi connectivity index (χ4v) is 2.94. The molecule has 3 N–H and O–H groups in total. The number of nitrogens with two attached hydrogens (primary N) is 1. The molecule has 110 valence electrons. The largest absolute Gasteiger partial charge is 0.364 e. The highest BCUT2D eigenvalue weighted by atomic mass is 16.5. The molecule has 0 aromatic carbocycles. The van der Waals surface area contributed by atoms with E-state index in [9.17, 15) is 4.79 Å². The lowest BCUT2D eigenvalue weighted by Crippen LogP contribution is -2.37. The van der Waals surface area contributed by atoms with Gasteiger partial charge in [-0.3, -0.25) is 4.79 Å². The van der Waals surface area contributed by atoms with Crippen LogP contribution in [0.2, 0.25) is 0 Å². The summed E-state index contributed by atoms with van der Waals surface area (Å²) in [5.74, 6) is 0.807. The summed E-state index contributed by atoms with van der Waals surface area (Å²) in [6.45, 7) is 3.66. The van der Waals surface area contributed by atoms with Crippen LogP contribution >= 0.6 is 0 Å². The Balaban J connectivity index is 1.59. The number of carbonyl (C=O) groups is 1. The molecule has 0 aromatic heterocycles. The zero-order valence-corrected chi connectivity index (χ0v) is 11.9. The van der Waals surface area contributed by atoms with Crippen LogP contribution in [0.15, 0.2) is 0 Å². The van der Waals surface area contributed by atoms with Crippen molar-refractivity contribution in [2.75, 3.05) is 33.2 Å². The molecule has 2 aliphatic heterocycles. The third kappa shape index (κ3) is 4.44. The number of ether oxygens (including phenoxy) is 1. The van der Waals surface area contributed by atoms with Gasteiger partial charge in [-0.15, -0.1) is 0 Å². The fourth-order valence-electron chi connectivity index (χ4n) is 2.94. The lowest BCUT2D eigenvalue weighted by molar-refractivity contribution is -0.131. The summed E-state index contributed by atoms with van der Waals surface area (Å²) in [5.41, 5.74) is 5.54. The summed E-state index contributed by atoms with van der Waals surface area (Å²) in [6, 6.07) is 0. The van der Waals surface area contributed by atoms with Crippen molar-refractivity contribution >= 4 is 5.91 Å². The molecule has 0 aliphatic carbocycles. The minimum absolute atomic E-state index is 0.0453. The van der Waals surface area contributed by atoms with E-state index < -0.39 is 0 Å². The van der Waals surface area contributed by atoms with Gasteiger partial charge in [-0.25, -0.2) is 0 Å². The first-order chi connectivity index (χ1) is 9.19. The molecule has 2 aliphatic rings. The van der Waals surface area contributed by atoms with Gasteiger partial charge in [0.2, 0.25) is 5.91 Å². The first kappa shape index (κ1) is 14.8. The molecule has 5 heteroatoms. The van der Waals surface area contributed by atoms with Crippen LogP contribution in [0.5, 0.6) is 0 Å². The van der Waals surface area contributed by atoms with E-state index in [0.717, 1.165) is 31.7 Å². The van der Waals surface area contributed by atoms with Crippen LogP contribution in [0.4, 0.5) is 0 Å². The van der Waals surface area contributed by atoms with Crippen molar-refractivity contribution < 1.29 is 9.53 Å². The second-order valence-corrected chi connectivity index (χ2v) is 5.89. The van der Waals surface area contributed by atoms with E-state index in [1.54, 1.807) is 0 Å². The van der Waals surface area contributed by atoms with Gasteiger partial charge < -0.3 is 20.7 Å². The number of hydrogen-bond donors (Lipinski definition) is 2. The zero-order chi connectivity index (χ0) is 13.7. The molecule has 0 radical (unpaired) electrons. The van der Waals surface area contributed by atoms with Crippen molar-refractivity contribution in [1.29, 1.82) is 0 Å². The maximum atomic E-state index is 11.9. The normalized spacial score (nSPS) is 29.6. The maximum Gasteiger partial charge on any atom is 0.249 e. The van der Waals surface area contributed by atoms with E-state index in [1.165, 1.54) is 25.9 Å². The van der Waals surface area contributed by atoms with E-state index in [4.69, 9.17) is 10.5 Å². The number of carbonyl (C=O) groups excluding carboxylic acids is 1. The van der Waals surface area contributed by atoms with Gasteiger partial charge in [0.05, 0.1) is 6.10 Å². The third-order valence-corrected chi connectivity index (χ3v) is 4.35. The molecule has 2 heterocycles. The van der Waals surface area contributed by atoms with E-state index in [2.05, 4.69) is 17.3 Å². The van der Waals surface area contributed by atoms with Gasteiger partial charge >= 0.3 is 0 Å². The highest BCUT2D eigenvalue weighted by Gasteiger charge is 2.29. The van der Waals surface area contributed by atoms with Crippen molar-refractivity contribution in [2.45, 2.75) is 44.3 Å². The van der Waals surface area contributed by atoms with Crippen LogP contribution < -0.4 is 11.1 Å². The van der Waals surface area contributed by atoms with Crippen molar-refractivity contribution in [3.05, 3.63) is 0 Å². The van der Waals surface area contributed by atoms with Crippen LogP contribution in [0.25, 0.3) is 0 Å². The van der Waals surface area contributed by atoms with E-state index in [1.807, 2.05) is 0 Å². The molecule has 1 amide bonds. The van der Waals surface area contributed by atoms with Gasteiger partial charge in [-0.2, -0.15) is 0 Å². The summed E-state index contributed by atoms with van der Waals surface area (Å²) in [4.78, 5) is 14.3. The van der Waals surface area contributed by atoms with Gasteiger partial charge in [-0.05, 0) is 58.2 Å². The van der Waals surface area contributed by atoms with Crippen molar-refractivity contribution in [3.63, 3.8) is 0 Å². The van der Waals surface area contributed by atoms with E-state index >= 15 is 0 Å². The summed E-state index contributed by atoms with van der Waals surface area (Å²) >= 11 is 0. The first-order valence-corrected chi connectivity index (χ1v) is 7.51. The molecule has 2 unspecified atom stereocenters. The maximum absolute atomic E-state index is 11.9. The third-order valence-electron chi connectivity index (χ3n) is 4.35. The first-order valence-electron chi connectivity index (χ1n) is 7.51. The van der Waals surface area contributed by atoms with Crippen LogP contribution in [0, 0.1) is 5.92 Å². The Hall–Kier alpha value is -0.650. The Morgan fingerprint density at radius 1 is 1.32 bits per heavy atom. The smallest absolute Gasteiger partial charge is 0.249 e. The van der Waals surface area contributed by atoms with Crippen LogP contribution in [-0.4, -0.2) is 56.2 Å². The zero-order valence-electron chi connectivity index (χ0n) is 11.9. The lowest BCUT2D eigenvalue weighted by atomic mass is 9.94. The topological polar surface area (TPSA) is 67.6 Å². The Morgan fingerprint density at radius 2 is 2.05 bits per heavy atom. The molecular formula is C14H27N3O2. The highest BCUT2D eigenvalue weighted by Crippen LogP contribution is 2.20. The van der Waals surface area contributed by atoms with Crippen molar-refractivity contribution in [1.82, 2.24) is 10.2 Å². The standard InChI is InChI=1S/C14H27N3O2/c1-17-8-5-11(6-9-17)4-7-16-14(18)13-3-2-12(10-15)19-13/h11-13H,2-10,15H2,1H3,(H,16,18). The minimum atomic E-state index is -0.272. The predicted octanol–water partition coefficient (Wildman–Crippen LogP) is 0.341. The Kier molecular flexibility index (Phi) is 5.60. The lowest BCUT2D eigenvalue weighted by Gasteiger charge is -2.29. The molecule has 0 spiro atoms. The quantitative estimate of drug-likeness (QED) is 0.755. The monoisotopic (exact) mass is 269 g/mol. The number of likely N-dealkylation sites (tertiary alicyclic amines) is 1. The number of nitrogens with zero attached hydrogens (tertiary/aromatic N) is 1. The SMILES string of the molecule is CN1CCC(CCNC(=O)C2CCC(CN)O2)CC1. The molecular weight excluding hydrogens is 242 g/mol. The summed E-state index contributed by atoms with van der Waals surface area (Å²) in [6.07, 6.45) is 5.11. The fraction of sp³-hybridized carbons (Fsp3) is 0.929. The second kappa shape index (κ2) is 7.22. The van der Waals surface area contributed by atoms with Gasteiger partial charge in [0.1, 0.15) is 6.10 Å². The predicted molar refractivity (Wildman–Crippen MR) is 74.8 cm³/mol. The van der Waals surface area contributed by atoms with Crippen LogP contribution in [0.1, 0.15) is 32.1 Å². The van der Waals surface area contributed by atoms with Crippen molar-refractivity contribution in [2.24, 2.45) is 11.7 Å². The molecule has 2 rings (SSSR count). The molecule has 0 aromatic rings. The number of piperidine rings is 1. The van der Waals surface area contributed by atoms with E-state index in [-0.39, 0.29) is 18.1 Å². The molecule has 5 nitrogen and oxygen atoms in total. The molecule has 0 saturated carbocycles. The summed E-state index contributed by atoms with van der Waals surface area (Å²) in [7, 11) is 2.17. The molecule has 0 bridgehead atoms. The summed E-state index contributed by atoms with van der Waals surface area (Å²) in [5, 5.41) is 3.01. The van der Waals surface area contributed by atoms with Crippen LogP contribution in [-0.2, 0) is 9.53 Å². The molecule has 2 atom stereocenters. The molecule has 2 fully saturated rings. The average molecular weight is 269 g/mol. The molecule has 2 saturated heterocycles. The Labute approximate surface area is 115 Å². The summed E-state index contributed by atoms with van der Waals surface area (Å²) < 4.78 is 5.59. The van der Waals surface area contributed by atoms with Gasteiger partial charge in [-0.1, -0.05) is 0 Å². The Morgan fingerprint density at radius 3 is 2.68 bits per heavy atom. The second-order valence-electron chi connectivity index (χ2n) is 5.89. The number of hydrogen-bond acceptors (Lipinski definition) is 4.